The van der Waals surface area contributed by atoms with Crippen molar-refractivity contribution < 1.29 is 80.2 Å². The van der Waals surface area contributed by atoms with Crippen LogP contribution in [-0.4, -0.2) is 96.7 Å². The van der Waals surface area contributed by atoms with Gasteiger partial charge in [-0.25, -0.2) is 9.13 Å². The maximum Gasteiger partial charge on any atom is 0.472 e. The van der Waals surface area contributed by atoms with Crippen LogP contribution in [0.5, 0.6) is 0 Å². The highest BCUT2D eigenvalue weighted by Gasteiger charge is 2.30. The number of ether oxygens (including phenoxy) is 4. The highest BCUT2D eigenvalue weighted by Crippen LogP contribution is 2.45. The maximum atomic E-state index is 13.1. The minimum absolute atomic E-state index is 0.105. The minimum atomic E-state index is -4.96. The molecule has 0 amide bonds. The number of unbranched alkanes of at least 4 members (excludes halogenated alkanes) is 46. The van der Waals surface area contributed by atoms with Gasteiger partial charge in [0.05, 0.1) is 26.4 Å². The molecule has 0 aliphatic carbocycles. The van der Waals surface area contributed by atoms with Gasteiger partial charge in [0.2, 0.25) is 0 Å². The summed E-state index contributed by atoms with van der Waals surface area (Å²) in [5, 5.41) is 10.6. The van der Waals surface area contributed by atoms with Gasteiger partial charge in [-0.1, -0.05) is 356 Å². The fourth-order valence-corrected chi connectivity index (χ4v) is 13.6. The van der Waals surface area contributed by atoms with Crippen LogP contribution in [0.1, 0.15) is 408 Å². The lowest BCUT2D eigenvalue weighted by molar-refractivity contribution is -0.161. The third-order valence-electron chi connectivity index (χ3n) is 18.6. The van der Waals surface area contributed by atoms with Crippen LogP contribution in [0.4, 0.5) is 0 Å². The molecule has 0 aliphatic heterocycles. The number of hydrogen-bond acceptors (Lipinski definition) is 15. The summed E-state index contributed by atoms with van der Waals surface area (Å²) in [6, 6.07) is 0. The molecule has 17 nitrogen and oxygen atoms in total. The number of hydrogen-bond donors (Lipinski definition) is 3. The number of phosphoric acid groups is 2. The van der Waals surface area contributed by atoms with Crippen LogP contribution in [0.2, 0.25) is 0 Å². The van der Waals surface area contributed by atoms with E-state index in [0.717, 1.165) is 102 Å². The number of aliphatic hydroxyl groups excluding tert-OH is 1. The normalized spacial score (nSPS) is 14.2. The Morgan fingerprint density at radius 2 is 0.526 bits per heavy atom. The Balaban J connectivity index is 5.21. The second-order valence-electron chi connectivity index (χ2n) is 28.8. The fraction of sp³-hybridized carbons (Fsp3) is 0.949. The van der Waals surface area contributed by atoms with Gasteiger partial charge in [0.1, 0.15) is 19.3 Å². The van der Waals surface area contributed by atoms with Crippen molar-refractivity contribution in [3.05, 3.63) is 0 Å². The average Bonchev–Trinajstić information content (AvgIpc) is 1.33. The Kier molecular flexibility index (Phi) is 68.4. The smallest absolute Gasteiger partial charge is 0.462 e. The third-order valence-corrected chi connectivity index (χ3v) is 20.5. The lowest BCUT2D eigenvalue weighted by atomic mass is 9.99. The molecule has 0 aromatic carbocycles. The molecule has 0 aromatic heterocycles. The molecule has 0 saturated heterocycles. The molecule has 19 heteroatoms. The zero-order valence-corrected chi connectivity index (χ0v) is 65.2. The van der Waals surface area contributed by atoms with Crippen molar-refractivity contribution in [2.45, 2.75) is 426 Å². The summed E-state index contributed by atoms with van der Waals surface area (Å²) in [6.07, 6.45) is 58.3. The predicted molar refractivity (Wildman–Crippen MR) is 395 cm³/mol. The zero-order valence-electron chi connectivity index (χ0n) is 63.4. The highest BCUT2D eigenvalue weighted by atomic mass is 31.2. The van der Waals surface area contributed by atoms with Crippen molar-refractivity contribution in [2.24, 2.45) is 11.8 Å². The summed E-state index contributed by atoms with van der Waals surface area (Å²) in [4.78, 5) is 72.8. The van der Waals surface area contributed by atoms with Gasteiger partial charge in [-0.2, -0.15) is 0 Å². The van der Waals surface area contributed by atoms with Crippen molar-refractivity contribution in [1.82, 2.24) is 0 Å². The van der Waals surface area contributed by atoms with E-state index in [2.05, 4.69) is 41.5 Å². The molecule has 97 heavy (non-hydrogen) atoms. The topological polar surface area (TPSA) is 237 Å². The lowest BCUT2D eigenvalue weighted by Crippen LogP contribution is -2.30. The summed E-state index contributed by atoms with van der Waals surface area (Å²) >= 11 is 0. The largest absolute Gasteiger partial charge is 0.472 e. The van der Waals surface area contributed by atoms with Crippen molar-refractivity contribution >= 4 is 39.5 Å². The van der Waals surface area contributed by atoms with Gasteiger partial charge in [-0.15, -0.1) is 0 Å². The van der Waals surface area contributed by atoms with Crippen LogP contribution in [0.25, 0.3) is 0 Å². The average molecular weight is 1420 g/mol. The number of rotatable bonds is 77. The molecule has 0 bridgehead atoms. The predicted octanol–water partition coefficient (Wildman–Crippen LogP) is 23.1. The number of phosphoric ester groups is 2. The first-order chi connectivity index (χ1) is 46.9. The second-order valence-corrected chi connectivity index (χ2v) is 31.7. The van der Waals surface area contributed by atoms with Gasteiger partial charge in [-0.3, -0.25) is 37.3 Å². The number of esters is 4. The second kappa shape index (κ2) is 69.8. The van der Waals surface area contributed by atoms with E-state index < -0.39 is 97.5 Å². The molecule has 0 aliphatic rings. The van der Waals surface area contributed by atoms with E-state index in [4.69, 9.17) is 37.0 Å². The van der Waals surface area contributed by atoms with Gasteiger partial charge in [0.25, 0.3) is 0 Å². The van der Waals surface area contributed by atoms with Gasteiger partial charge < -0.3 is 33.8 Å². The molecular weight excluding hydrogens is 1270 g/mol. The number of carbonyl (C=O) groups excluding carboxylic acids is 4. The Morgan fingerprint density at radius 1 is 0.299 bits per heavy atom. The van der Waals surface area contributed by atoms with Crippen LogP contribution in [0.15, 0.2) is 0 Å². The fourth-order valence-electron chi connectivity index (χ4n) is 12.0. The number of carbonyl (C=O) groups is 4. The summed E-state index contributed by atoms with van der Waals surface area (Å²) in [7, 11) is -9.91. The molecule has 0 saturated carbocycles. The molecular formula is C78H152O17P2. The van der Waals surface area contributed by atoms with Gasteiger partial charge in [0, 0.05) is 25.7 Å². The molecule has 0 spiro atoms. The SMILES string of the molecule is CCCCCCCCCCCCCCCCCCCCCCCC(=O)O[C@H](COC(=O)CCCCCCCCCCCCCC(C)C)COP(=O)(O)OC[C@@H](O)COP(=O)(O)OC[C@@H](COC(=O)CCCCCCCCCCCC)OC(=O)CCCCCCCCCCC(C)CC. The molecule has 3 unspecified atom stereocenters. The van der Waals surface area contributed by atoms with Crippen LogP contribution in [-0.2, 0) is 65.4 Å². The molecule has 576 valence electrons. The van der Waals surface area contributed by atoms with Crippen molar-refractivity contribution in [3.63, 3.8) is 0 Å². The Bertz CT molecular complexity index is 1870. The van der Waals surface area contributed by atoms with Crippen molar-refractivity contribution in [2.75, 3.05) is 39.6 Å². The first-order valence-electron chi connectivity index (χ1n) is 40.5. The molecule has 6 atom stereocenters. The third kappa shape index (κ3) is 70.9. The van der Waals surface area contributed by atoms with Crippen LogP contribution >= 0.6 is 15.6 Å². The standard InChI is InChI=1S/C78H152O17P2/c1-7-10-12-14-16-18-20-21-22-23-24-25-26-27-28-29-32-37-44-50-56-62-77(82)94-73(66-89-76(81)61-55-49-43-36-33-30-31-34-40-46-52-58-70(4)5)68-92-96(84,85)90-64-72(79)65-91-97(86,87)93-69-74(67-88-75(80)60-54-48-42-35-19-17-15-13-11-8-2)95-78(83)63-57-51-45-39-38-41-47-53-59-71(6)9-3/h70-74,79H,7-69H2,1-6H3,(H,84,85)(H,86,87)/t71?,72-,73-,74-/m1/s1. The molecule has 0 rings (SSSR count). The maximum absolute atomic E-state index is 13.1. The van der Waals surface area contributed by atoms with E-state index >= 15 is 0 Å². The Morgan fingerprint density at radius 3 is 0.784 bits per heavy atom. The molecule has 0 heterocycles. The Hall–Kier alpha value is -1.94. The van der Waals surface area contributed by atoms with Crippen molar-refractivity contribution in [3.8, 4) is 0 Å². The van der Waals surface area contributed by atoms with Gasteiger partial charge in [-0.05, 0) is 37.5 Å². The zero-order chi connectivity index (χ0) is 71.4. The van der Waals surface area contributed by atoms with Crippen LogP contribution < -0.4 is 0 Å². The van der Waals surface area contributed by atoms with Gasteiger partial charge in [0.15, 0.2) is 12.2 Å². The first kappa shape index (κ1) is 95.1. The van der Waals surface area contributed by atoms with E-state index in [1.54, 1.807) is 0 Å². The number of aliphatic hydroxyl groups is 1. The Labute approximate surface area is 594 Å². The molecule has 0 aromatic rings. The summed E-state index contributed by atoms with van der Waals surface area (Å²) in [6.45, 7) is 9.60. The van der Waals surface area contributed by atoms with Gasteiger partial charge >= 0.3 is 39.5 Å². The van der Waals surface area contributed by atoms with Crippen molar-refractivity contribution in [1.29, 1.82) is 0 Å². The molecule has 0 fully saturated rings. The van der Waals surface area contributed by atoms with E-state index in [1.165, 1.54) is 225 Å². The summed E-state index contributed by atoms with van der Waals surface area (Å²) < 4.78 is 68.6. The monoisotopic (exact) mass is 1420 g/mol. The van der Waals surface area contributed by atoms with Crippen LogP contribution in [0, 0.1) is 11.8 Å². The van der Waals surface area contributed by atoms with Crippen LogP contribution in [0.3, 0.4) is 0 Å². The lowest BCUT2D eigenvalue weighted by Gasteiger charge is -2.21. The molecule has 3 N–H and O–H groups in total. The first-order valence-corrected chi connectivity index (χ1v) is 43.5. The summed E-state index contributed by atoms with van der Waals surface area (Å²) in [5.74, 6) is -0.575. The summed E-state index contributed by atoms with van der Waals surface area (Å²) in [5.41, 5.74) is 0. The minimum Gasteiger partial charge on any atom is -0.462 e. The highest BCUT2D eigenvalue weighted by molar-refractivity contribution is 7.47. The van der Waals surface area contributed by atoms with E-state index in [-0.39, 0.29) is 25.7 Å². The van der Waals surface area contributed by atoms with E-state index in [0.29, 0.717) is 25.7 Å². The van der Waals surface area contributed by atoms with E-state index in [9.17, 15) is 43.2 Å². The van der Waals surface area contributed by atoms with E-state index in [1.807, 2.05) is 0 Å². The molecule has 0 radical (unpaired) electrons. The quantitative estimate of drug-likeness (QED) is 0.0222.